The number of hydrogen-bond acceptors (Lipinski definition) is 3. The molecule has 0 aromatic carbocycles. The minimum absolute atomic E-state index is 0.0655. The molecule has 1 aromatic heterocycles. The first-order valence-corrected chi connectivity index (χ1v) is 6.00. The maximum absolute atomic E-state index is 10.2. The molecular weight excluding hydrogens is 208 g/mol. The summed E-state index contributed by atoms with van der Waals surface area (Å²) < 4.78 is 5.39. The summed E-state index contributed by atoms with van der Waals surface area (Å²) in [7, 11) is 1.65. The summed E-state index contributed by atoms with van der Waals surface area (Å²) >= 11 is 1.66. The Morgan fingerprint density at radius 2 is 2.00 bits per heavy atom. The Hall–Kier alpha value is -0.380. The van der Waals surface area contributed by atoms with Crippen LogP contribution in [0.25, 0.3) is 0 Å². The van der Waals surface area contributed by atoms with E-state index in [-0.39, 0.29) is 11.5 Å². The minimum Gasteiger partial charge on any atom is -0.386 e. The molecule has 1 aromatic rings. The van der Waals surface area contributed by atoms with Crippen LogP contribution in [0, 0.1) is 12.3 Å². The van der Waals surface area contributed by atoms with Gasteiger partial charge in [-0.1, -0.05) is 20.8 Å². The molecule has 0 aliphatic carbocycles. The third kappa shape index (κ3) is 3.03. The number of hydrogen-bond donors (Lipinski definition) is 1. The summed E-state index contributed by atoms with van der Waals surface area (Å²) in [5.74, 6) is 0. The molecule has 2 unspecified atom stereocenters. The second kappa shape index (κ2) is 4.64. The predicted molar refractivity (Wildman–Crippen MR) is 64.3 cm³/mol. The van der Waals surface area contributed by atoms with E-state index in [1.54, 1.807) is 18.4 Å². The van der Waals surface area contributed by atoms with Crippen molar-refractivity contribution in [2.24, 2.45) is 5.41 Å². The molecule has 0 spiro atoms. The number of aryl methyl sites for hydroxylation is 1. The Balaban J connectivity index is 2.87. The Morgan fingerprint density at radius 1 is 1.40 bits per heavy atom. The maximum atomic E-state index is 10.2. The fourth-order valence-electron chi connectivity index (χ4n) is 1.75. The summed E-state index contributed by atoms with van der Waals surface area (Å²) in [4.78, 5) is 1.22. The molecule has 0 amide bonds. The molecule has 15 heavy (non-hydrogen) atoms. The molecule has 3 heteroatoms. The average molecular weight is 228 g/mol. The van der Waals surface area contributed by atoms with Gasteiger partial charge < -0.3 is 9.84 Å². The van der Waals surface area contributed by atoms with Crippen molar-refractivity contribution in [1.29, 1.82) is 0 Å². The van der Waals surface area contributed by atoms with Crippen LogP contribution in [0.1, 0.15) is 37.3 Å². The second-order valence-electron chi connectivity index (χ2n) is 4.96. The van der Waals surface area contributed by atoms with Crippen molar-refractivity contribution >= 4 is 11.3 Å². The van der Waals surface area contributed by atoms with Crippen molar-refractivity contribution in [2.45, 2.75) is 39.9 Å². The summed E-state index contributed by atoms with van der Waals surface area (Å²) in [6.45, 7) is 8.26. The number of methoxy groups -OCH3 is 1. The number of rotatable bonds is 3. The molecule has 0 bridgehead atoms. The quantitative estimate of drug-likeness (QED) is 0.861. The van der Waals surface area contributed by atoms with Gasteiger partial charge in [-0.15, -0.1) is 11.3 Å². The van der Waals surface area contributed by atoms with Gasteiger partial charge in [0.1, 0.15) is 6.10 Å². The number of aliphatic hydroxyl groups excluding tert-OH is 1. The van der Waals surface area contributed by atoms with E-state index in [0.717, 1.165) is 5.56 Å². The smallest absolute Gasteiger partial charge is 0.106 e. The third-order valence-electron chi connectivity index (χ3n) is 2.49. The van der Waals surface area contributed by atoms with E-state index in [1.165, 1.54) is 4.88 Å². The predicted octanol–water partition coefficient (Wildman–Crippen LogP) is 3.15. The molecule has 1 rings (SSSR count). The molecule has 0 saturated heterocycles. The van der Waals surface area contributed by atoms with E-state index >= 15 is 0 Å². The van der Waals surface area contributed by atoms with E-state index in [0.29, 0.717) is 0 Å². The highest BCUT2D eigenvalue weighted by Crippen LogP contribution is 2.33. The first-order valence-electron chi connectivity index (χ1n) is 5.12. The van der Waals surface area contributed by atoms with E-state index < -0.39 is 6.10 Å². The van der Waals surface area contributed by atoms with Crippen LogP contribution in [-0.4, -0.2) is 18.3 Å². The fourth-order valence-corrected chi connectivity index (χ4v) is 2.48. The van der Waals surface area contributed by atoms with Crippen molar-refractivity contribution in [1.82, 2.24) is 0 Å². The first-order chi connectivity index (χ1) is 6.86. The normalized spacial score (nSPS) is 16.4. The Morgan fingerprint density at radius 3 is 2.33 bits per heavy atom. The maximum Gasteiger partial charge on any atom is 0.106 e. The van der Waals surface area contributed by atoms with Gasteiger partial charge in [0.2, 0.25) is 0 Å². The minimum atomic E-state index is -0.542. The Bertz CT molecular complexity index is 312. The average Bonchev–Trinajstić information content (AvgIpc) is 2.50. The molecular formula is C12H20O2S. The van der Waals surface area contributed by atoms with Crippen LogP contribution in [-0.2, 0) is 4.74 Å². The molecule has 2 atom stereocenters. The van der Waals surface area contributed by atoms with Crippen molar-refractivity contribution in [3.05, 3.63) is 21.9 Å². The molecule has 86 valence electrons. The largest absolute Gasteiger partial charge is 0.386 e. The molecule has 0 saturated carbocycles. The Labute approximate surface area is 95.9 Å². The van der Waals surface area contributed by atoms with Crippen molar-refractivity contribution in [2.75, 3.05) is 7.11 Å². The van der Waals surface area contributed by atoms with Gasteiger partial charge in [0, 0.05) is 12.0 Å². The van der Waals surface area contributed by atoms with Gasteiger partial charge in [-0.25, -0.2) is 0 Å². The van der Waals surface area contributed by atoms with Crippen LogP contribution < -0.4 is 0 Å². The highest BCUT2D eigenvalue weighted by Gasteiger charge is 2.32. The van der Waals surface area contributed by atoms with Crippen LogP contribution in [0.2, 0.25) is 0 Å². The van der Waals surface area contributed by atoms with Crippen LogP contribution in [0.4, 0.5) is 0 Å². The molecule has 0 aliphatic rings. The standard InChI is InChI=1S/C12H20O2S/c1-8-6-9(7-15-8)10(13)11(14-5)12(2,3)4/h6-7,10-11,13H,1-5H3. The SMILES string of the molecule is COC(C(O)c1csc(C)c1)C(C)(C)C. The lowest BCUT2D eigenvalue weighted by Crippen LogP contribution is -2.34. The van der Waals surface area contributed by atoms with Gasteiger partial charge in [-0.2, -0.15) is 0 Å². The van der Waals surface area contributed by atoms with Gasteiger partial charge >= 0.3 is 0 Å². The molecule has 1 heterocycles. The molecule has 2 nitrogen and oxygen atoms in total. The van der Waals surface area contributed by atoms with E-state index in [1.807, 2.05) is 18.4 Å². The first kappa shape index (κ1) is 12.7. The topological polar surface area (TPSA) is 29.5 Å². The van der Waals surface area contributed by atoms with E-state index in [9.17, 15) is 5.11 Å². The van der Waals surface area contributed by atoms with Crippen LogP contribution in [0.3, 0.4) is 0 Å². The van der Waals surface area contributed by atoms with Gasteiger partial charge in [0.05, 0.1) is 6.10 Å². The van der Waals surface area contributed by atoms with E-state index in [2.05, 4.69) is 20.8 Å². The van der Waals surface area contributed by atoms with Crippen molar-refractivity contribution < 1.29 is 9.84 Å². The summed E-state index contributed by atoms with van der Waals surface area (Å²) in [6, 6.07) is 2.02. The van der Waals surface area contributed by atoms with Gasteiger partial charge in [0.15, 0.2) is 0 Å². The lowest BCUT2D eigenvalue weighted by Gasteiger charge is -2.32. The number of ether oxygens (including phenoxy) is 1. The van der Waals surface area contributed by atoms with Gasteiger partial charge in [-0.3, -0.25) is 0 Å². The van der Waals surface area contributed by atoms with Gasteiger partial charge in [-0.05, 0) is 29.3 Å². The third-order valence-corrected chi connectivity index (χ3v) is 3.37. The number of aliphatic hydroxyl groups is 1. The van der Waals surface area contributed by atoms with E-state index in [4.69, 9.17) is 4.74 Å². The zero-order chi connectivity index (χ0) is 11.6. The highest BCUT2D eigenvalue weighted by atomic mass is 32.1. The molecule has 0 fully saturated rings. The lowest BCUT2D eigenvalue weighted by molar-refractivity contribution is -0.0722. The zero-order valence-electron chi connectivity index (χ0n) is 10.1. The van der Waals surface area contributed by atoms with Crippen LogP contribution >= 0.6 is 11.3 Å². The summed E-state index contributed by atoms with van der Waals surface area (Å²) in [5.41, 5.74) is 0.892. The summed E-state index contributed by atoms with van der Waals surface area (Å²) in [5, 5.41) is 12.2. The Kier molecular flexibility index (Phi) is 3.93. The monoisotopic (exact) mass is 228 g/mol. The second-order valence-corrected chi connectivity index (χ2v) is 6.07. The zero-order valence-corrected chi connectivity index (χ0v) is 10.9. The summed E-state index contributed by atoms with van der Waals surface area (Å²) in [6.07, 6.45) is -0.716. The van der Waals surface area contributed by atoms with Crippen LogP contribution in [0.15, 0.2) is 11.4 Å². The van der Waals surface area contributed by atoms with Crippen molar-refractivity contribution in [3.8, 4) is 0 Å². The molecule has 1 N–H and O–H groups in total. The fraction of sp³-hybridized carbons (Fsp3) is 0.667. The van der Waals surface area contributed by atoms with Crippen molar-refractivity contribution in [3.63, 3.8) is 0 Å². The number of thiophene rings is 1. The highest BCUT2D eigenvalue weighted by molar-refractivity contribution is 7.10. The molecule has 0 radical (unpaired) electrons. The van der Waals surface area contributed by atoms with Crippen LogP contribution in [0.5, 0.6) is 0 Å². The molecule has 0 aliphatic heterocycles. The van der Waals surface area contributed by atoms with Gasteiger partial charge in [0.25, 0.3) is 0 Å². The lowest BCUT2D eigenvalue weighted by atomic mass is 9.84.